The SMILES string of the molecule is CN(C)c1cccc2c(S(=O)(=O)OCCC(C)(C)Cc3ccccc3)cccc12. The number of rotatable bonds is 8. The van der Waals surface area contributed by atoms with Gasteiger partial charge >= 0.3 is 0 Å². The van der Waals surface area contributed by atoms with Crippen LogP contribution in [0.5, 0.6) is 0 Å². The quantitative estimate of drug-likeness (QED) is 0.474. The van der Waals surface area contributed by atoms with Crippen LogP contribution in [0.25, 0.3) is 10.8 Å². The van der Waals surface area contributed by atoms with Crippen LogP contribution in [0.4, 0.5) is 5.69 Å². The van der Waals surface area contributed by atoms with Gasteiger partial charge in [0.2, 0.25) is 0 Å². The Morgan fingerprint density at radius 3 is 2.21 bits per heavy atom. The Labute approximate surface area is 174 Å². The normalized spacial score (nSPS) is 12.3. The van der Waals surface area contributed by atoms with Gasteiger partial charge in [-0.1, -0.05) is 68.4 Å². The Hall–Kier alpha value is -2.37. The molecule has 0 saturated heterocycles. The predicted octanol–water partition coefficient (Wildman–Crippen LogP) is 5.27. The minimum absolute atomic E-state index is 0.0618. The molecule has 29 heavy (non-hydrogen) atoms. The molecule has 0 heterocycles. The summed E-state index contributed by atoms with van der Waals surface area (Å²) in [6, 6.07) is 21.2. The number of hydrogen-bond acceptors (Lipinski definition) is 4. The summed E-state index contributed by atoms with van der Waals surface area (Å²) in [4.78, 5) is 2.20. The molecule has 4 nitrogen and oxygen atoms in total. The fraction of sp³-hybridized carbons (Fsp3) is 0.333. The molecule has 0 aliphatic carbocycles. The van der Waals surface area contributed by atoms with Gasteiger partial charge < -0.3 is 4.90 Å². The van der Waals surface area contributed by atoms with E-state index in [1.165, 1.54) is 5.56 Å². The van der Waals surface area contributed by atoms with Gasteiger partial charge in [-0.15, -0.1) is 0 Å². The van der Waals surface area contributed by atoms with Crippen LogP contribution in [0.3, 0.4) is 0 Å². The molecule has 0 bridgehead atoms. The topological polar surface area (TPSA) is 46.6 Å². The highest BCUT2D eigenvalue weighted by Crippen LogP contribution is 2.32. The Morgan fingerprint density at radius 2 is 1.52 bits per heavy atom. The molecule has 0 aliphatic heterocycles. The van der Waals surface area contributed by atoms with E-state index in [2.05, 4.69) is 26.0 Å². The number of hydrogen-bond donors (Lipinski definition) is 0. The number of fused-ring (bicyclic) bond motifs is 1. The molecule has 5 heteroatoms. The minimum Gasteiger partial charge on any atom is -0.377 e. The number of benzene rings is 3. The fourth-order valence-corrected chi connectivity index (χ4v) is 4.72. The molecule has 0 amide bonds. The standard InChI is InChI=1S/C24H29NO3S/c1-24(2,18-19-10-6-5-7-11-19)16-17-28-29(26,27)23-15-9-12-20-21(23)13-8-14-22(20)25(3)4/h5-15H,16-18H2,1-4H3. The lowest BCUT2D eigenvalue weighted by Crippen LogP contribution is -2.19. The van der Waals surface area contributed by atoms with E-state index in [0.717, 1.165) is 17.5 Å². The summed E-state index contributed by atoms with van der Waals surface area (Å²) in [6.07, 6.45) is 1.52. The summed E-state index contributed by atoms with van der Waals surface area (Å²) >= 11 is 0. The molecule has 0 spiro atoms. The molecular weight excluding hydrogens is 382 g/mol. The first-order valence-electron chi connectivity index (χ1n) is 9.82. The maximum absolute atomic E-state index is 12.9. The maximum atomic E-state index is 12.9. The molecule has 154 valence electrons. The molecule has 0 N–H and O–H groups in total. The van der Waals surface area contributed by atoms with E-state index >= 15 is 0 Å². The van der Waals surface area contributed by atoms with Crippen LogP contribution in [-0.2, 0) is 20.7 Å². The van der Waals surface area contributed by atoms with Crippen LogP contribution >= 0.6 is 0 Å². The van der Waals surface area contributed by atoms with Gasteiger partial charge in [-0.3, -0.25) is 4.18 Å². The second-order valence-electron chi connectivity index (χ2n) is 8.38. The van der Waals surface area contributed by atoms with Crippen molar-refractivity contribution in [3.8, 4) is 0 Å². The van der Waals surface area contributed by atoms with E-state index in [1.54, 1.807) is 12.1 Å². The first-order valence-corrected chi connectivity index (χ1v) is 11.2. The third kappa shape index (κ3) is 5.17. The van der Waals surface area contributed by atoms with Crippen molar-refractivity contribution in [3.05, 3.63) is 72.3 Å². The van der Waals surface area contributed by atoms with Gasteiger partial charge in [0.05, 0.1) is 6.61 Å². The van der Waals surface area contributed by atoms with Gasteiger partial charge in [0.15, 0.2) is 0 Å². The number of anilines is 1. The van der Waals surface area contributed by atoms with E-state index in [1.807, 2.05) is 61.5 Å². The van der Waals surface area contributed by atoms with Crippen LogP contribution < -0.4 is 4.90 Å². The second kappa shape index (κ2) is 8.56. The zero-order valence-electron chi connectivity index (χ0n) is 17.6. The Bertz CT molecular complexity index is 1070. The van der Waals surface area contributed by atoms with Gasteiger partial charge in [0.25, 0.3) is 10.1 Å². The Morgan fingerprint density at radius 1 is 0.862 bits per heavy atom. The van der Waals surface area contributed by atoms with Gasteiger partial charge in [0.1, 0.15) is 4.90 Å². The predicted molar refractivity (Wildman–Crippen MR) is 120 cm³/mol. The van der Waals surface area contributed by atoms with E-state index in [-0.39, 0.29) is 16.9 Å². The van der Waals surface area contributed by atoms with Gasteiger partial charge in [-0.25, -0.2) is 0 Å². The van der Waals surface area contributed by atoms with Crippen molar-refractivity contribution < 1.29 is 12.6 Å². The van der Waals surface area contributed by atoms with Crippen LogP contribution in [0.2, 0.25) is 0 Å². The van der Waals surface area contributed by atoms with Gasteiger partial charge in [-0.2, -0.15) is 8.42 Å². The lowest BCUT2D eigenvalue weighted by molar-refractivity contribution is 0.231. The molecule has 3 aromatic rings. The van der Waals surface area contributed by atoms with Crippen LogP contribution in [-0.4, -0.2) is 29.1 Å². The van der Waals surface area contributed by atoms with Crippen molar-refractivity contribution in [1.29, 1.82) is 0 Å². The third-order valence-corrected chi connectivity index (χ3v) is 6.52. The lowest BCUT2D eigenvalue weighted by atomic mass is 9.83. The average Bonchev–Trinajstić information content (AvgIpc) is 2.67. The summed E-state index contributed by atoms with van der Waals surface area (Å²) in [7, 11) is 0.0483. The van der Waals surface area contributed by atoms with Gasteiger partial charge in [-0.05, 0) is 36.0 Å². The summed E-state index contributed by atoms with van der Waals surface area (Å²) in [5.41, 5.74) is 2.16. The highest BCUT2D eigenvalue weighted by molar-refractivity contribution is 7.87. The van der Waals surface area contributed by atoms with Crippen molar-refractivity contribution in [2.75, 3.05) is 25.6 Å². The van der Waals surface area contributed by atoms with Crippen LogP contribution in [0.15, 0.2) is 71.6 Å². The number of nitrogens with zero attached hydrogens (tertiary/aromatic N) is 1. The van der Waals surface area contributed by atoms with E-state index < -0.39 is 10.1 Å². The van der Waals surface area contributed by atoms with E-state index in [0.29, 0.717) is 11.8 Å². The molecule has 0 aromatic heterocycles. The molecule has 0 saturated carbocycles. The molecular formula is C24H29NO3S. The Balaban J connectivity index is 1.76. The van der Waals surface area contributed by atoms with Crippen LogP contribution in [0.1, 0.15) is 25.8 Å². The van der Waals surface area contributed by atoms with E-state index in [4.69, 9.17) is 4.18 Å². The molecule has 0 fully saturated rings. The summed E-state index contributed by atoms with van der Waals surface area (Å²) in [5, 5.41) is 1.58. The molecule has 3 aromatic carbocycles. The third-order valence-electron chi connectivity index (χ3n) is 5.15. The van der Waals surface area contributed by atoms with Gasteiger partial charge in [0, 0.05) is 30.6 Å². The van der Waals surface area contributed by atoms with Crippen LogP contribution in [0, 0.1) is 5.41 Å². The first kappa shape index (κ1) is 21.3. The minimum atomic E-state index is -3.84. The molecule has 3 rings (SSSR count). The summed E-state index contributed by atoms with van der Waals surface area (Å²) in [5.74, 6) is 0. The van der Waals surface area contributed by atoms with E-state index in [9.17, 15) is 8.42 Å². The van der Waals surface area contributed by atoms with Crippen molar-refractivity contribution in [2.24, 2.45) is 5.41 Å². The highest BCUT2D eigenvalue weighted by Gasteiger charge is 2.23. The average molecular weight is 412 g/mol. The summed E-state index contributed by atoms with van der Waals surface area (Å²) in [6.45, 7) is 4.43. The smallest absolute Gasteiger partial charge is 0.297 e. The molecule has 0 radical (unpaired) electrons. The van der Waals surface area contributed by atoms with Crippen molar-refractivity contribution in [2.45, 2.75) is 31.6 Å². The lowest BCUT2D eigenvalue weighted by Gasteiger charge is -2.24. The molecule has 0 atom stereocenters. The Kier molecular flexibility index (Phi) is 6.30. The fourth-order valence-electron chi connectivity index (χ4n) is 3.60. The zero-order chi connectivity index (χ0) is 21.1. The van der Waals surface area contributed by atoms with Crippen molar-refractivity contribution in [1.82, 2.24) is 0 Å². The zero-order valence-corrected chi connectivity index (χ0v) is 18.4. The monoisotopic (exact) mass is 411 g/mol. The summed E-state index contributed by atoms with van der Waals surface area (Å²) < 4.78 is 31.3. The van der Waals surface area contributed by atoms with Crippen molar-refractivity contribution >= 4 is 26.6 Å². The largest absolute Gasteiger partial charge is 0.377 e. The van der Waals surface area contributed by atoms with Crippen molar-refractivity contribution in [3.63, 3.8) is 0 Å². The highest BCUT2D eigenvalue weighted by atomic mass is 32.2. The maximum Gasteiger partial charge on any atom is 0.297 e. The molecule has 0 aliphatic rings. The molecule has 0 unspecified atom stereocenters. The second-order valence-corrected chi connectivity index (χ2v) is 9.96. The first-order chi connectivity index (χ1) is 13.7.